The molecule has 0 aliphatic carbocycles. The number of carbonyl (C=O) groups excluding carboxylic acids is 1. The molecule has 7 nitrogen and oxygen atoms in total. The van der Waals surface area contributed by atoms with Crippen molar-refractivity contribution >= 4 is 22.1 Å². The first kappa shape index (κ1) is 17.4. The van der Waals surface area contributed by atoms with Crippen LogP contribution in [-0.2, 0) is 14.8 Å². The number of ether oxygens (including phenoxy) is 1. The maximum absolute atomic E-state index is 12.1. The molecule has 0 aromatic heterocycles. The Balaban J connectivity index is 1.92. The topological polar surface area (TPSA) is 88.1 Å². The largest absolute Gasteiger partial charge is 0.497 e. The zero-order valence-corrected chi connectivity index (χ0v) is 14.0. The number of nitrogens with one attached hydrogen (secondary N) is 1. The Bertz CT molecular complexity index is 688. The molecule has 8 heteroatoms. The minimum Gasteiger partial charge on any atom is -0.497 e. The molecular weight excluding hydrogens is 318 g/mol. The van der Waals surface area contributed by atoms with E-state index >= 15 is 0 Å². The van der Waals surface area contributed by atoms with Crippen LogP contribution in [0.3, 0.4) is 0 Å². The van der Waals surface area contributed by atoms with Crippen LogP contribution in [-0.4, -0.2) is 51.3 Å². The third kappa shape index (κ3) is 5.04. The highest BCUT2D eigenvalue weighted by Crippen LogP contribution is 2.18. The van der Waals surface area contributed by atoms with Crippen LogP contribution in [0.4, 0.5) is 0 Å². The summed E-state index contributed by atoms with van der Waals surface area (Å²) in [7, 11) is -1.68. The third-order valence-corrected chi connectivity index (χ3v) is 4.98. The first-order valence-corrected chi connectivity index (χ1v) is 9.17. The molecule has 1 N–H and O–H groups in total. The molecule has 0 bridgehead atoms. The van der Waals surface area contributed by atoms with Gasteiger partial charge in [0.15, 0.2) is 0 Å². The SMILES string of the molecule is COc1cccc(/C=N\NC(=O)[C@H]2CCCN(S(C)(=O)=O)C2)c1. The van der Waals surface area contributed by atoms with Gasteiger partial charge < -0.3 is 4.74 Å². The molecule has 23 heavy (non-hydrogen) atoms. The van der Waals surface area contributed by atoms with E-state index in [0.29, 0.717) is 25.1 Å². The molecule has 0 spiro atoms. The summed E-state index contributed by atoms with van der Waals surface area (Å²) in [6, 6.07) is 7.27. The normalized spacial score (nSPS) is 19.7. The van der Waals surface area contributed by atoms with E-state index in [4.69, 9.17) is 4.74 Å². The van der Waals surface area contributed by atoms with Gasteiger partial charge in [0.05, 0.1) is 25.5 Å². The average Bonchev–Trinajstić information content (AvgIpc) is 2.54. The van der Waals surface area contributed by atoms with Gasteiger partial charge in [-0.05, 0) is 30.5 Å². The lowest BCUT2D eigenvalue weighted by Crippen LogP contribution is -2.44. The van der Waals surface area contributed by atoms with Crippen molar-refractivity contribution in [1.82, 2.24) is 9.73 Å². The predicted octanol–water partition coefficient (Wildman–Crippen LogP) is 0.817. The number of hydrogen-bond donors (Lipinski definition) is 1. The maximum atomic E-state index is 12.1. The van der Waals surface area contributed by atoms with Gasteiger partial charge in [-0.3, -0.25) is 4.79 Å². The van der Waals surface area contributed by atoms with Gasteiger partial charge in [0, 0.05) is 13.1 Å². The Morgan fingerprint density at radius 1 is 1.48 bits per heavy atom. The Kier molecular flexibility index (Phi) is 5.73. The molecule has 1 atom stereocenters. The molecule has 1 fully saturated rings. The molecule has 1 aliphatic rings. The number of methoxy groups -OCH3 is 1. The molecule has 0 unspecified atom stereocenters. The molecule has 126 valence electrons. The van der Waals surface area contributed by atoms with Crippen LogP contribution in [0.25, 0.3) is 0 Å². The van der Waals surface area contributed by atoms with Gasteiger partial charge in [-0.15, -0.1) is 0 Å². The van der Waals surface area contributed by atoms with Crippen LogP contribution in [0.2, 0.25) is 0 Å². The Morgan fingerprint density at radius 2 is 2.26 bits per heavy atom. The third-order valence-electron chi connectivity index (χ3n) is 3.71. The van der Waals surface area contributed by atoms with Crippen LogP contribution >= 0.6 is 0 Å². The number of sulfonamides is 1. The van der Waals surface area contributed by atoms with Gasteiger partial charge in [-0.2, -0.15) is 5.10 Å². The minimum atomic E-state index is -3.26. The predicted molar refractivity (Wildman–Crippen MR) is 87.9 cm³/mol. The number of carbonyl (C=O) groups is 1. The number of benzene rings is 1. The van der Waals surface area contributed by atoms with Crippen molar-refractivity contribution in [1.29, 1.82) is 0 Å². The van der Waals surface area contributed by atoms with Gasteiger partial charge >= 0.3 is 0 Å². The quantitative estimate of drug-likeness (QED) is 0.635. The first-order valence-electron chi connectivity index (χ1n) is 7.32. The van der Waals surface area contributed by atoms with E-state index in [1.807, 2.05) is 18.2 Å². The Hall–Kier alpha value is -1.93. The van der Waals surface area contributed by atoms with Gasteiger partial charge in [-0.25, -0.2) is 18.1 Å². The average molecular weight is 339 g/mol. The van der Waals surface area contributed by atoms with Crippen molar-refractivity contribution in [2.45, 2.75) is 12.8 Å². The molecule has 1 aliphatic heterocycles. The van der Waals surface area contributed by atoms with Gasteiger partial charge in [-0.1, -0.05) is 12.1 Å². The summed E-state index contributed by atoms with van der Waals surface area (Å²) in [5.41, 5.74) is 3.28. The van der Waals surface area contributed by atoms with Crippen molar-refractivity contribution in [3.63, 3.8) is 0 Å². The summed E-state index contributed by atoms with van der Waals surface area (Å²) in [6.07, 6.45) is 4.02. The molecular formula is C15H21N3O4S. The molecule has 1 saturated heterocycles. The van der Waals surface area contributed by atoms with E-state index in [0.717, 1.165) is 11.8 Å². The van der Waals surface area contributed by atoms with Crippen molar-refractivity contribution < 1.29 is 17.9 Å². The highest BCUT2D eigenvalue weighted by Gasteiger charge is 2.29. The maximum Gasteiger partial charge on any atom is 0.244 e. The van der Waals surface area contributed by atoms with Gasteiger partial charge in [0.2, 0.25) is 15.9 Å². The number of piperidine rings is 1. The summed E-state index contributed by atoms with van der Waals surface area (Å²) < 4.78 is 29.6. The lowest BCUT2D eigenvalue weighted by atomic mass is 9.99. The molecule has 1 aromatic carbocycles. The second kappa shape index (κ2) is 7.56. The van der Waals surface area contributed by atoms with Crippen molar-refractivity contribution in [3.05, 3.63) is 29.8 Å². The van der Waals surface area contributed by atoms with E-state index < -0.39 is 10.0 Å². The van der Waals surface area contributed by atoms with Gasteiger partial charge in [0.25, 0.3) is 0 Å². The smallest absolute Gasteiger partial charge is 0.244 e. The second-order valence-electron chi connectivity index (χ2n) is 5.47. The number of rotatable bonds is 5. The summed E-state index contributed by atoms with van der Waals surface area (Å²) in [5.74, 6) is 0.0646. The lowest BCUT2D eigenvalue weighted by Gasteiger charge is -2.29. The number of hydrogen-bond acceptors (Lipinski definition) is 5. The van der Waals surface area contributed by atoms with E-state index in [9.17, 15) is 13.2 Å². The van der Waals surface area contributed by atoms with Crippen LogP contribution in [0, 0.1) is 5.92 Å². The van der Waals surface area contributed by atoms with Crippen molar-refractivity contribution in [3.8, 4) is 5.75 Å². The lowest BCUT2D eigenvalue weighted by molar-refractivity contribution is -0.126. The number of amides is 1. The minimum absolute atomic E-state index is 0.208. The van der Waals surface area contributed by atoms with Crippen LogP contribution in [0.15, 0.2) is 29.4 Å². The highest BCUT2D eigenvalue weighted by atomic mass is 32.2. The molecule has 2 rings (SSSR count). The first-order chi connectivity index (χ1) is 10.9. The highest BCUT2D eigenvalue weighted by molar-refractivity contribution is 7.88. The molecule has 0 radical (unpaired) electrons. The van der Waals surface area contributed by atoms with Gasteiger partial charge in [0.1, 0.15) is 5.75 Å². The molecule has 0 saturated carbocycles. The van der Waals surface area contributed by atoms with Crippen molar-refractivity contribution in [2.24, 2.45) is 11.0 Å². The Labute approximate surface area is 136 Å². The standard InChI is InChI=1S/C15H21N3O4S/c1-22-14-7-3-5-12(9-14)10-16-17-15(19)13-6-4-8-18(11-13)23(2,20)21/h3,5,7,9-10,13H,4,6,8,11H2,1-2H3,(H,17,19)/b16-10-/t13-/m0/s1. The summed E-state index contributed by atoms with van der Waals surface area (Å²) in [6.45, 7) is 0.676. The molecule has 1 aromatic rings. The number of hydrazone groups is 1. The monoisotopic (exact) mass is 339 g/mol. The molecule has 1 amide bonds. The van der Waals surface area contributed by atoms with E-state index in [2.05, 4.69) is 10.5 Å². The van der Waals surface area contributed by atoms with Crippen LogP contribution < -0.4 is 10.2 Å². The fraction of sp³-hybridized carbons (Fsp3) is 0.467. The van der Waals surface area contributed by atoms with Crippen molar-refractivity contribution in [2.75, 3.05) is 26.5 Å². The zero-order chi connectivity index (χ0) is 16.9. The van der Waals surface area contributed by atoms with Crippen LogP contribution in [0.5, 0.6) is 5.75 Å². The summed E-state index contributed by atoms with van der Waals surface area (Å²) in [5, 5.41) is 3.93. The fourth-order valence-corrected chi connectivity index (χ4v) is 3.35. The summed E-state index contributed by atoms with van der Waals surface area (Å²) >= 11 is 0. The summed E-state index contributed by atoms with van der Waals surface area (Å²) in [4.78, 5) is 12.1. The van der Waals surface area contributed by atoms with E-state index in [1.54, 1.807) is 13.2 Å². The fourth-order valence-electron chi connectivity index (χ4n) is 2.44. The zero-order valence-electron chi connectivity index (χ0n) is 13.2. The van der Waals surface area contributed by atoms with E-state index in [1.165, 1.54) is 10.5 Å². The van der Waals surface area contributed by atoms with E-state index in [-0.39, 0.29) is 18.4 Å². The number of nitrogens with zero attached hydrogens (tertiary/aromatic N) is 2. The van der Waals surface area contributed by atoms with Crippen LogP contribution in [0.1, 0.15) is 18.4 Å². The second-order valence-corrected chi connectivity index (χ2v) is 7.45. The Morgan fingerprint density at radius 3 is 2.96 bits per heavy atom. The molecule has 1 heterocycles.